The fourth-order valence-corrected chi connectivity index (χ4v) is 2.14. The lowest BCUT2D eigenvalue weighted by atomic mass is 10.1. The molecule has 7 heteroatoms. The highest BCUT2D eigenvalue weighted by Crippen LogP contribution is 2.22. The molecule has 2 aromatic rings. The van der Waals surface area contributed by atoms with Crippen molar-refractivity contribution in [2.75, 3.05) is 6.54 Å². The molecular weight excluding hydrogens is 339 g/mol. The van der Waals surface area contributed by atoms with E-state index in [4.69, 9.17) is 4.74 Å². The van der Waals surface area contributed by atoms with Crippen LogP contribution in [-0.2, 0) is 11.3 Å². The molecule has 2 aromatic carbocycles. The molecule has 0 aliphatic heterocycles. The molecule has 0 aliphatic carbocycles. The average Bonchev–Trinajstić information content (AvgIpc) is 2.62. The number of nitro groups is 1. The zero-order chi connectivity index (χ0) is 18.9. The van der Waals surface area contributed by atoms with Crippen LogP contribution < -0.4 is 5.32 Å². The number of halogens is 1. The number of carbonyl (C=O) groups is 1. The van der Waals surface area contributed by atoms with Crippen molar-refractivity contribution < 1.29 is 18.8 Å². The Bertz CT molecular complexity index is 857. The predicted octanol–water partition coefficient (Wildman–Crippen LogP) is 3.71. The third-order valence-electron chi connectivity index (χ3n) is 3.50. The Morgan fingerprint density at radius 3 is 2.73 bits per heavy atom. The summed E-state index contributed by atoms with van der Waals surface area (Å²) >= 11 is 0. The molecule has 134 valence electrons. The van der Waals surface area contributed by atoms with Gasteiger partial charge in [0, 0.05) is 24.1 Å². The molecule has 0 aliphatic rings. The second-order valence-electron chi connectivity index (χ2n) is 5.39. The molecule has 2 rings (SSSR count). The summed E-state index contributed by atoms with van der Waals surface area (Å²) in [5, 5.41) is 13.4. The van der Waals surface area contributed by atoms with Gasteiger partial charge >= 0.3 is 6.09 Å². The summed E-state index contributed by atoms with van der Waals surface area (Å²) in [7, 11) is 0. The summed E-state index contributed by atoms with van der Waals surface area (Å²) in [6.07, 6.45) is -0.266. The smallest absolute Gasteiger partial charge is 0.407 e. The van der Waals surface area contributed by atoms with Crippen LogP contribution in [0.2, 0.25) is 0 Å². The fourth-order valence-electron chi connectivity index (χ4n) is 2.14. The summed E-state index contributed by atoms with van der Waals surface area (Å²) in [5.41, 5.74) is 1.13. The number of hydrogen-bond donors (Lipinski definition) is 1. The van der Waals surface area contributed by atoms with Gasteiger partial charge in [0.25, 0.3) is 5.69 Å². The first kappa shape index (κ1) is 18.9. The van der Waals surface area contributed by atoms with E-state index in [-0.39, 0.29) is 24.4 Å². The fraction of sp³-hybridized carbons (Fsp3) is 0.211. The summed E-state index contributed by atoms with van der Waals surface area (Å²) in [4.78, 5) is 21.8. The van der Waals surface area contributed by atoms with Gasteiger partial charge in [0.05, 0.1) is 11.0 Å². The molecule has 6 nitrogen and oxygen atoms in total. The van der Waals surface area contributed by atoms with E-state index in [1.54, 1.807) is 0 Å². The summed E-state index contributed by atoms with van der Waals surface area (Å²) in [6, 6.07) is 11.3. The van der Waals surface area contributed by atoms with Crippen LogP contribution in [0.5, 0.6) is 0 Å². The van der Waals surface area contributed by atoms with E-state index in [1.165, 1.54) is 6.92 Å². The molecule has 0 heterocycles. The number of ether oxygens (including phenoxy) is 1. The van der Waals surface area contributed by atoms with E-state index in [2.05, 4.69) is 17.2 Å². The summed E-state index contributed by atoms with van der Waals surface area (Å²) in [5.74, 6) is 4.74. The molecule has 0 atom stereocenters. The van der Waals surface area contributed by atoms with Crippen LogP contribution in [0.25, 0.3) is 0 Å². The van der Waals surface area contributed by atoms with Crippen molar-refractivity contribution in [3.63, 3.8) is 0 Å². The first-order valence-corrected chi connectivity index (χ1v) is 7.85. The Hall–Kier alpha value is -3.40. The van der Waals surface area contributed by atoms with Crippen LogP contribution in [0.4, 0.5) is 14.9 Å². The molecule has 0 saturated carbocycles. The molecule has 0 radical (unpaired) electrons. The predicted molar refractivity (Wildman–Crippen MR) is 93.9 cm³/mol. The van der Waals surface area contributed by atoms with E-state index in [0.717, 1.165) is 17.7 Å². The zero-order valence-corrected chi connectivity index (χ0v) is 14.1. The van der Waals surface area contributed by atoms with Gasteiger partial charge < -0.3 is 10.1 Å². The maximum Gasteiger partial charge on any atom is 0.407 e. The molecule has 26 heavy (non-hydrogen) atoms. The van der Waals surface area contributed by atoms with Crippen molar-refractivity contribution in [3.05, 3.63) is 75.1 Å². The number of carbonyl (C=O) groups excluding carboxylic acids is 1. The highest BCUT2D eigenvalue weighted by atomic mass is 19.1. The van der Waals surface area contributed by atoms with E-state index in [0.29, 0.717) is 12.0 Å². The van der Waals surface area contributed by atoms with Crippen molar-refractivity contribution in [1.29, 1.82) is 0 Å². The monoisotopic (exact) mass is 356 g/mol. The maximum absolute atomic E-state index is 13.4. The number of hydrogen-bond acceptors (Lipinski definition) is 4. The third kappa shape index (κ3) is 5.60. The van der Waals surface area contributed by atoms with E-state index in [9.17, 15) is 19.3 Å². The molecule has 0 aromatic heterocycles. The maximum atomic E-state index is 13.4. The first-order chi connectivity index (χ1) is 12.5. The Labute approximate surface area is 150 Å². The molecule has 0 fully saturated rings. The lowest BCUT2D eigenvalue weighted by molar-refractivity contribution is -0.385. The molecule has 1 amide bonds. The van der Waals surface area contributed by atoms with Crippen molar-refractivity contribution in [2.45, 2.75) is 20.0 Å². The first-order valence-electron chi connectivity index (χ1n) is 7.85. The molecule has 1 N–H and O–H groups in total. The van der Waals surface area contributed by atoms with Crippen molar-refractivity contribution in [2.24, 2.45) is 0 Å². The Kier molecular flexibility index (Phi) is 6.68. The van der Waals surface area contributed by atoms with Crippen LogP contribution >= 0.6 is 0 Å². The van der Waals surface area contributed by atoms with E-state index in [1.807, 2.05) is 30.3 Å². The average molecular weight is 356 g/mol. The second-order valence-corrected chi connectivity index (χ2v) is 5.39. The van der Waals surface area contributed by atoms with Crippen LogP contribution in [0.15, 0.2) is 42.5 Å². The van der Waals surface area contributed by atoms with Gasteiger partial charge in [0.15, 0.2) is 0 Å². The Balaban J connectivity index is 1.82. The molecule has 0 saturated heterocycles. The molecule has 0 spiro atoms. The van der Waals surface area contributed by atoms with Gasteiger partial charge in [0.1, 0.15) is 12.4 Å². The van der Waals surface area contributed by atoms with Crippen LogP contribution in [0, 0.1) is 34.7 Å². The highest BCUT2D eigenvalue weighted by Gasteiger charge is 2.15. The zero-order valence-electron chi connectivity index (χ0n) is 14.1. The molecule has 0 bridgehead atoms. The minimum absolute atomic E-state index is 0.171. The second kappa shape index (κ2) is 9.18. The van der Waals surface area contributed by atoms with Crippen LogP contribution in [0.1, 0.15) is 23.1 Å². The van der Waals surface area contributed by atoms with Gasteiger partial charge in [-0.3, -0.25) is 10.1 Å². The highest BCUT2D eigenvalue weighted by molar-refractivity contribution is 5.67. The SMILES string of the molecule is Cc1c(C#CCCNC(=O)OCc2ccccc2)cc(F)cc1[N+](=O)[O-]. The molecular formula is C19H17FN2O4. The molecule has 0 unspecified atom stereocenters. The van der Waals surface area contributed by atoms with Gasteiger partial charge in [-0.25, -0.2) is 9.18 Å². The van der Waals surface area contributed by atoms with E-state index < -0.39 is 16.8 Å². The lowest BCUT2D eigenvalue weighted by Crippen LogP contribution is -2.24. The van der Waals surface area contributed by atoms with Crippen molar-refractivity contribution in [3.8, 4) is 11.8 Å². The Morgan fingerprint density at radius 2 is 2.04 bits per heavy atom. The quantitative estimate of drug-likeness (QED) is 0.383. The number of amides is 1. The van der Waals surface area contributed by atoms with Gasteiger partial charge in [-0.15, -0.1) is 0 Å². The summed E-state index contributed by atoms with van der Waals surface area (Å²) < 4.78 is 18.5. The number of rotatable bonds is 5. The van der Waals surface area contributed by atoms with E-state index >= 15 is 0 Å². The number of benzene rings is 2. The number of nitrogens with one attached hydrogen (secondary N) is 1. The van der Waals surface area contributed by atoms with Gasteiger partial charge in [-0.2, -0.15) is 0 Å². The standard InChI is InChI=1S/C19H17FN2O4/c1-14-16(11-17(20)12-18(14)22(24)25)9-5-6-10-21-19(23)26-13-15-7-3-2-4-8-15/h2-4,7-8,11-12H,6,10,13H2,1H3,(H,21,23). The largest absolute Gasteiger partial charge is 0.445 e. The number of nitro benzene ring substituents is 1. The lowest BCUT2D eigenvalue weighted by Gasteiger charge is -2.05. The Morgan fingerprint density at radius 1 is 1.31 bits per heavy atom. The minimum atomic E-state index is -0.714. The topological polar surface area (TPSA) is 81.5 Å². The van der Waals surface area contributed by atoms with Crippen LogP contribution in [-0.4, -0.2) is 17.6 Å². The summed E-state index contributed by atoms with van der Waals surface area (Å²) in [6.45, 7) is 1.93. The van der Waals surface area contributed by atoms with Gasteiger partial charge in [0.2, 0.25) is 0 Å². The van der Waals surface area contributed by atoms with Gasteiger partial charge in [-0.05, 0) is 18.6 Å². The normalized spacial score (nSPS) is 9.77. The van der Waals surface area contributed by atoms with Crippen LogP contribution in [0.3, 0.4) is 0 Å². The minimum Gasteiger partial charge on any atom is -0.445 e. The third-order valence-corrected chi connectivity index (χ3v) is 3.50. The van der Waals surface area contributed by atoms with Gasteiger partial charge in [-0.1, -0.05) is 42.2 Å². The number of nitrogens with zero attached hydrogens (tertiary/aromatic N) is 1. The van der Waals surface area contributed by atoms with Crippen molar-refractivity contribution in [1.82, 2.24) is 5.32 Å². The number of alkyl carbamates (subject to hydrolysis) is 1. The van der Waals surface area contributed by atoms with Crippen molar-refractivity contribution >= 4 is 11.8 Å².